The van der Waals surface area contributed by atoms with Crippen molar-refractivity contribution in [1.82, 2.24) is 0 Å². The van der Waals surface area contributed by atoms with Crippen molar-refractivity contribution in [1.29, 1.82) is 0 Å². The van der Waals surface area contributed by atoms with Gasteiger partial charge < -0.3 is 16.9 Å². The fourth-order valence-corrected chi connectivity index (χ4v) is 0.465. The van der Waals surface area contributed by atoms with E-state index in [0.717, 1.165) is 25.9 Å². The second kappa shape index (κ2) is 22.7. The Morgan fingerprint density at radius 1 is 0.700 bits per heavy atom. The van der Waals surface area contributed by atoms with Crippen molar-refractivity contribution in [3.05, 3.63) is 0 Å². The molecule has 0 aromatic heterocycles. The van der Waals surface area contributed by atoms with Crippen LogP contribution in [0.5, 0.6) is 0 Å². The first-order chi connectivity index (χ1) is 3.41. The molecule has 0 aliphatic rings. The molecule has 68 valence electrons. The Morgan fingerprint density at radius 2 is 1.00 bits per heavy atom. The molecule has 0 aliphatic heterocycles. The van der Waals surface area contributed by atoms with E-state index in [4.69, 9.17) is 11.5 Å². The maximum absolute atomic E-state index is 5.23. The lowest BCUT2D eigenvalue weighted by Crippen LogP contribution is -2.02. The first kappa shape index (κ1) is 22.4. The van der Waals surface area contributed by atoms with E-state index in [0.29, 0.717) is 0 Å². The van der Waals surface area contributed by atoms with Gasteiger partial charge in [0.05, 0.1) is 0 Å². The first-order valence-corrected chi connectivity index (χ1v) is 2.82. The van der Waals surface area contributed by atoms with Crippen molar-refractivity contribution < 1.29 is 5.48 Å². The van der Waals surface area contributed by atoms with E-state index < -0.39 is 0 Å². The summed E-state index contributed by atoms with van der Waals surface area (Å²) in [7, 11) is 0. The highest BCUT2D eigenvalue weighted by Crippen LogP contribution is 1.88. The van der Waals surface area contributed by atoms with Crippen LogP contribution in [0.15, 0.2) is 0 Å². The summed E-state index contributed by atoms with van der Waals surface area (Å²) in [5.74, 6) is 0. The minimum Gasteiger partial charge on any atom is -0.412 e. The van der Waals surface area contributed by atoms with E-state index in [1.54, 1.807) is 0 Å². The van der Waals surface area contributed by atoms with E-state index in [-0.39, 0.29) is 30.3 Å². The van der Waals surface area contributed by atoms with Gasteiger partial charge in [-0.05, 0) is 25.9 Å². The van der Waals surface area contributed by atoms with Gasteiger partial charge in [-0.3, -0.25) is 0 Å². The van der Waals surface area contributed by atoms with Gasteiger partial charge >= 0.3 is 0 Å². The predicted molar refractivity (Wildman–Crippen MR) is 50.1 cm³/mol. The monoisotopic (exact) mass is 192 g/mol. The normalized spacial score (nSPS) is 6.60. The van der Waals surface area contributed by atoms with Gasteiger partial charge in [0.25, 0.3) is 0 Å². The van der Waals surface area contributed by atoms with E-state index >= 15 is 0 Å². The molecule has 0 heterocycles. The largest absolute Gasteiger partial charge is 0.412 e. The summed E-state index contributed by atoms with van der Waals surface area (Å²) >= 11 is 0. The molecule has 0 amide bonds. The van der Waals surface area contributed by atoms with Gasteiger partial charge in [0.2, 0.25) is 0 Å². The standard InChI is InChI=1S/C5H14N2.2ClH.H2O/c6-4-2-1-3-5-7;;;/h1-7H2;2*1H;1H2. The fourth-order valence-electron chi connectivity index (χ4n) is 0.465. The van der Waals surface area contributed by atoms with Crippen LogP contribution >= 0.6 is 24.8 Å². The molecule has 0 rings (SSSR count). The zero-order chi connectivity index (χ0) is 5.54. The zero-order valence-electron chi connectivity index (χ0n) is 6.01. The Kier molecular flexibility index (Phi) is 50.9. The molecule has 6 N–H and O–H groups in total. The summed E-state index contributed by atoms with van der Waals surface area (Å²) in [4.78, 5) is 0. The van der Waals surface area contributed by atoms with Crippen molar-refractivity contribution in [2.45, 2.75) is 19.3 Å². The van der Waals surface area contributed by atoms with Gasteiger partial charge in [-0.2, -0.15) is 0 Å². The second-order valence-corrected chi connectivity index (χ2v) is 1.64. The van der Waals surface area contributed by atoms with Crippen molar-refractivity contribution in [2.24, 2.45) is 11.5 Å². The molecule has 10 heavy (non-hydrogen) atoms. The lowest BCUT2D eigenvalue weighted by Gasteiger charge is -1.91. The van der Waals surface area contributed by atoms with Crippen LogP contribution in [0, 0.1) is 0 Å². The summed E-state index contributed by atoms with van der Waals surface area (Å²) in [5.41, 5.74) is 10.5. The molecule has 0 aliphatic carbocycles. The third kappa shape index (κ3) is 23.7. The second-order valence-electron chi connectivity index (χ2n) is 1.64. The fraction of sp³-hybridized carbons (Fsp3) is 1.00. The molecular weight excluding hydrogens is 175 g/mol. The SMILES string of the molecule is Cl.Cl.NCCCCCN.O. The highest BCUT2D eigenvalue weighted by Gasteiger charge is 1.80. The van der Waals surface area contributed by atoms with Crippen molar-refractivity contribution in [3.8, 4) is 0 Å². The highest BCUT2D eigenvalue weighted by atomic mass is 35.5. The summed E-state index contributed by atoms with van der Waals surface area (Å²) in [6.07, 6.45) is 3.43. The molecule has 0 unspecified atom stereocenters. The third-order valence-corrected chi connectivity index (χ3v) is 0.908. The van der Waals surface area contributed by atoms with E-state index in [9.17, 15) is 0 Å². The van der Waals surface area contributed by atoms with E-state index in [1.807, 2.05) is 0 Å². The molecule has 0 spiro atoms. The summed E-state index contributed by atoms with van der Waals surface area (Å²) in [6.45, 7) is 1.61. The molecule has 0 saturated carbocycles. The number of unbranched alkanes of at least 4 members (excludes halogenated alkanes) is 2. The highest BCUT2D eigenvalue weighted by molar-refractivity contribution is 5.85. The molecule has 0 aromatic carbocycles. The maximum Gasteiger partial charge on any atom is -0.00773 e. The van der Waals surface area contributed by atoms with Gasteiger partial charge in [0.1, 0.15) is 0 Å². The minimum atomic E-state index is 0. The lowest BCUT2D eigenvalue weighted by molar-refractivity contribution is 0.695. The van der Waals surface area contributed by atoms with Crippen LogP contribution in [0.2, 0.25) is 0 Å². The van der Waals surface area contributed by atoms with Crippen LogP contribution in [0.25, 0.3) is 0 Å². The lowest BCUT2D eigenvalue weighted by atomic mass is 10.2. The third-order valence-electron chi connectivity index (χ3n) is 0.908. The average Bonchev–Trinajstić information content (AvgIpc) is 1.69. The summed E-state index contributed by atoms with van der Waals surface area (Å²) in [6, 6.07) is 0. The Hall–Kier alpha value is 0.460. The molecule has 0 saturated heterocycles. The molecular formula is C5H18Cl2N2O. The van der Waals surface area contributed by atoms with E-state index in [1.165, 1.54) is 6.42 Å². The number of halogens is 2. The van der Waals surface area contributed by atoms with Crippen LogP contribution < -0.4 is 11.5 Å². The molecule has 0 fully saturated rings. The first-order valence-electron chi connectivity index (χ1n) is 2.82. The minimum absolute atomic E-state index is 0. The molecule has 3 nitrogen and oxygen atoms in total. The van der Waals surface area contributed by atoms with Gasteiger partial charge in [-0.15, -0.1) is 24.8 Å². The van der Waals surface area contributed by atoms with Gasteiger partial charge in [0.15, 0.2) is 0 Å². The molecule has 0 bridgehead atoms. The Labute approximate surface area is 74.7 Å². The number of hydrogen-bond acceptors (Lipinski definition) is 2. The average molecular weight is 193 g/mol. The predicted octanol–water partition coefficient (Wildman–Crippen LogP) is 0.0930. The van der Waals surface area contributed by atoms with E-state index in [2.05, 4.69) is 0 Å². The Morgan fingerprint density at radius 3 is 1.20 bits per heavy atom. The van der Waals surface area contributed by atoms with Crippen LogP contribution in [-0.2, 0) is 0 Å². The topological polar surface area (TPSA) is 83.5 Å². The Balaban J connectivity index is -0.0000000600. The number of rotatable bonds is 4. The van der Waals surface area contributed by atoms with Gasteiger partial charge in [0, 0.05) is 0 Å². The van der Waals surface area contributed by atoms with Crippen molar-refractivity contribution >= 4 is 24.8 Å². The van der Waals surface area contributed by atoms with Crippen LogP contribution in [0.4, 0.5) is 0 Å². The zero-order valence-corrected chi connectivity index (χ0v) is 7.64. The quantitative estimate of drug-likeness (QED) is 0.620. The molecule has 0 atom stereocenters. The smallest absolute Gasteiger partial charge is 0.00773 e. The molecule has 0 radical (unpaired) electrons. The van der Waals surface area contributed by atoms with Gasteiger partial charge in [-0.1, -0.05) is 6.42 Å². The molecule has 5 heteroatoms. The van der Waals surface area contributed by atoms with Gasteiger partial charge in [-0.25, -0.2) is 0 Å². The summed E-state index contributed by atoms with van der Waals surface area (Å²) < 4.78 is 0. The number of hydrogen-bond donors (Lipinski definition) is 2. The number of nitrogens with two attached hydrogens (primary N) is 2. The van der Waals surface area contributed by atoms with Crippen LogP contribution in [-0.4, -0.2) is 18.6 Å². The van der Waals surface area contributed by atoms with Crippen LogP contribution in [0.3, 0.4) is 0 Å². The molecule has 0 aromatic rings. The Bertz CT molecular complexity index is 36.8. The summed E-state index contributed by atoms with van der Waals surface area (Å²) in [5, 5.41) is 0. The van der Waals surface area contributed by atoms with Crippen molar-refractivity contribution in [2.75, 3.05) is 13.1 Å². The van der Waals surface area contributed by atoms with Crippen LogP contribution in [0.1, 0.15) is 19.3 Å². The van der Waals surface area contributed by atoms with Crippen molar-refractivity contribution in [3.63, 3.8) is 0 Å². The maximum atomic E-state index is 5.23.